The van der Waals surface area contributed by atoms with Crippen LogP contribution < -0.4 is 19.7 Å². The molecule has 154 valence electrons. The number of anilines is 2. The molecule has 0 unspecified atom stereocenters. The van der Waals surface area contributed by atoms with Crippen LogP contribution in [0.4, 0.5) is 11.4 Å². The van der Waals surface area contributed by atoms with Crippen LogP contribution in [-0.2, 0) is 16.0 Å². The largest absolute Gasteiger partial charge is 0.497 e. The Balaban J connectivity index is 1.66. The van der Waals surface area contributed by atoms with Gasteiger partial charge in [-0.3, -0.25) is 9.59 Å². The monoisotopic (exact) mass is 396 g/mol. The van der Waals surface area contributed by atoms with Crippen molar-refractivity contribution in [3.8, 4) is 11.5 Å². The fourth-order valence-corrected chi connectivity index (χ4v) is 3.50. The molecule has 0 spiro atoms. The normalized spacial score (nSPS) is 16.0. The van der Waals surface area contributed by atoms with Crippen molar-refractivity contribution < 1.29 is 19.1 Å². The summed E-state index contributed by atoms with van der Waals surface area (Å²) >= 11 is 0. The maximum atomic E-state index is 12.7. The lowest BCUT2D eigenvalue weighted by Gasteiger charge is -2.20. The predicted molar refractivity (Wildman–Crippen MR) is 114 cm³/mol. The third kappa shape index (κ3) is 4.88. The van der Waals surface area contributed by atoms with Crippen LogP contribution in [0.1, 0.15) is 31.7 Å². The number of rotatable bonds is 8. The molecule has 0 aromatic heterocycles. The lowest BCUT2D eigenvalue weighted by molar-refractivity contribution is -0.122. The summed E-state index contributed by atoms with van der Waals surface area (Å²) in [6.07, 6.45) is 3.53. The Morgan fingerprint density at radius 3 is 2.55 bits per heavy atom. The highest BCUT2D eigenvalue weighted by molar-refractivity contribution is 6.04. The fourth-order valence-electron chi connectivity index (χ4n) is 3.50. The number of amides is 2. The van der Waals surface area contributed by atoms with E-state index < -0.39 is 5.92 Å². The third-order valence-electron chi connectivity index (χ3n) is 5.21. The van der Waals surface area contributed by atoms with E-state index in [1.165, 1.54) is 5.56 Å². The van der Waals surface area contributed by atoms with Crippen molar-refractivity contribution in [2.45, 2.75) is 32.6 Å². The van der Waals surface area contributed by atoms with Crippen molar-refractivity contribution in [1.29, 1.82) is 0 Å². The molecule has 1 fully saturated rings. The molecule has 0 saturated carbocycles. The summed E-state index contributed by atoms with van der Waals surface area (Å²) in [5.41, 5.74) is 2.66. The lowest BCUT2D eigenvalue weighted by Crippen LogP contribution is -2.28. The van der Waals surface area contributed by atoms with Gasteiger partial charge in [-0.2, -0.15) is 0 Å². The molecule has 1 N–H and O–H groups in total. The molecule has 0 bridgehead atoms. The molecule has 2 aromatic rings. The maximum Gasteiger partial charge on any atom is 0.229 e. The van der Waals surface area contributed by atoms with Gasteiger partial charge in [-0.1, -0.05) is 25.5 Å². The molecule has 1 atom stereocenters. The van der Waals surface area contributed by atoms with Gasteiger partial charge in [-0.25, -0.2) is 0 Å². The van der Waals surface area contributed by atoms with Gasteiger partial charge in [-0.05, 0) is 42.7 Å². The molecule has 1 aliphatic rings. The van der Waals surface area contributed by atoms with Gasteiger partial charge in [0.25, 0.3) is 0 Å². The number of carbonyl (C=O) groups is 2. The molecule has 6 heteroatoms. The van der Waals surface area contributed by atoms with E-state index in [1.54, 1.807) is 37.3 Å². The van der Waals surface area contributed by atoms with E-state index >= 15 is 0 Å². The number of ether oxygens (including phenoxy) is 2. The van der Waals surface area contributed by atoms with Gasteiger partial charge in [0.1, 0.15) is 11.5 Å². The van der Waals surface area contributed by atoms with Gasteiger partial charge in [0.05, 0.1) is 25.8 Å². The first-order valence-electron chi connectivity index (χ1n) is 9.98. The van der Waals surface area contributed by atoms with E-state index in [9.17, 15) is 9.59 Å². The molecule has 0 aliphatic carbocycles. The topological polar surface area (TPSA) is 67.9 Å². The van der Waals surface area contributed by atoms with Gasteiger partial charge < -0.3 is 19.7 Å². The van der Waals surface area contributed by atoms with Crippen molar-refractivity contribution in [1.82, 2.24) is 0 Å². The van der Waals surface area contributed by atoms with Gasteiger partial charge in [-0.15, -0.1) is 0 Å². The van der Waals surface area contributed by atoms with Crippen molar-refractivity contribution in [2.75, 3.05) is 31.0 Å². The summed E-state index contributed by atoms with van der Waals surface area (Å²) in [4.78, 5) is 26.9. The highest BCUT2D eigenvalue weighted by Gasteiger charge is 2.36. The zero-order valence-electron chi connectivity index (χ0n) is 17.2. The summed E-state index contributed by atoms with van der Waals surface area (Å²) in [5, 5.41) is 2.94. The van der Waals surface area contributed by atoms with Crippen molar-refractivity contribution in [2.24, 2.45) is 5.92 Å². The first kappa shape index (κ1) is 20.7. The van der Waals surface area contributed by atoms with Crippen LogP contribution in [0.3, 0.4) is 0 Å². The van der Waals surface area contributed by atoms with Crippen LogP contribution in [0.2, 0.25) is 0 Å². The number of nitrogens with zero attached hydrogens (tertiary/aromatic N) is 1. The van der Waals surface area contributed by atoms with Crippen LogP contribution in [0.5, 0.6) is 11.5 Å². The van der Waals surface area contributed by atoms with Gasteiger partial charge in [0, 0.05) is 24.7 Å². The number of aryl methyl sites for hydroxylation is 1. The fraction of sp³-hybridized carbons (Fsp3) is 0.391. The van der Waals surface area contributed by atoms with E-state index in [4.69, 9.17) is 9.47 Å². The number of unbranched alkanes of at least 4 members (excludes halogenated alkanes) is 1. The van der Waals surface area contributed by atoms with E-state index in [0.717, 1.165) is 24.9 Å². The van der Waals surface area contributed by atoms with E-state index in [-0.39, 0.29) is 18.2 Å². The maximum absolute atomic E-state index is 12.7. The van der Waals surface area contributed by atoms with Crippen LogP contribution in [0.25, 0.3) is 0 Å². The minimum absolute atomic E-state index is 0.0940. The van der Waals surface area contributed by atoms with Crippen molar-refractivity contribution in [3.05, 3.63) is 48.0 Å². The molecule has 3 rings (SSSR count). The Hall–Kier alpha value is -3.02. The van der Waals surface area contributed by atoms with Crippen LogP contribution in [0.15, 0.2) is 42.5 Å². The predicted octanol–water partition coefficient (Wildman–Crippen LogP) is 4.04. The summed E-state index contributed by atoms with van der Waals surface area (Å²) < 4.78 is 10.6. The number of methoxy groups -OCH3 is 2. The first-order valence-corrected chi connectivity index (χ1v) is 9.98. The molecule has 1 saturated heterocycles. The van der Waals surface area contributed by atoms with Crippen LogP contribution >= 0.6 is 0 Å². The molecule has 29 heavy (non-hydrogen) atoms. The molecule has 2 amide bonds. The van der Waals surface area contributed by atoms with Crippen LogP contribution in [-0.4, -0.2) is 32.6 Å². The Morgan fingerprint density at radius 1 is 1.14 bits per heavy atom. The van der Waals surface area contributed by atoms with Crippen molar-refractivity contribution in [3.63, 3.8) is 0 Å². The Labute approximate surface area is 171 Å². The standard InChI is InChI=1S/C23H28N2O4/c1-4-5-6-16-7-9-18(10-8-16)24-23(27)17-13-22(26)25(15-17)20-12-11-19(28-2)14-21(20)29-3/h7-12,14,17H,4-6,13,15H2,1-3H3,(H,24,27)/t17-/m1/s1. The number of carbonyl (C=O) groups excluding carboxylic acids is 2. The summed E-state index contributed by atoms with van der Waals surface area (Å²) in [5.74, 6) is 0.544. The molecule has 1 aliphatic heterocycles. The average molecular weight is 396 g/mol. The van der Waals surface area contributed by atoms with E-state index in [2.05, 4.69) is 12.2 Å². The summed E-state index contributed by atoms with van der Waals surface area (Å²) in [6, 6.07) is 13.2. The SMILES string of the molecule is CCCCc1ccc(NC(=O)[C@@H]2CC(=O)N(c3ccc(OC)cc3OC)C2)cc1. The molecule has 6 nitrogen and oxygen atoms in total. The highest BCUT2D eigenvalue weighted by atomic mass is 16.5. The number of benzene rings is 2. The second-order valence-corrected chi connectivity index (χ2v) is 7.23. The average Bonchev–Trinajstić information content (AvgIpc) is 3.14. The number of hydrogen-bond acceptors (Lipinski definition) is 4. The minimum Gasteiger partial charge on any atom is -0.497 e. The molecule has 2 aromatic carbocycles. The van der Waals surface area contributed by atoms with Gasteiger partial charge in [0.15, 0.2) is 0 Å². The minimum atomic E-state index is -0.408. The Kier molecular flexibility index (Phi) is 6.75. The number of hydrogen-bond donors (Lipinski definition) is 1. The molecular weight excluding hydrogens is 368 g/mol. The van der Waals surface area contributed by atoms with Crippen LogP contribution in [0, 0.1) is 5.92 Å². The zero-order valence-corrected chi connectivity index (χ0v) is 17.2. The summed E-state index contributed by atoms with van der Waals surface area (Å²) in [7, 11) is 3.12. The zero-order chi connectivity index (χ0) is 20.8. The lowest BCUT2D eigenvalue weighted by atomic mass is 10.1. The molecule has 1 heterocycles. The highest BCUT2D eigenvalue weighted by Crippen LogP contribution is 2.36. The summed E-state index contributed by atoms with van der Waals surface area (Å²) in [6.45, 7) is 2.49. The smallest absolute Gasteiger partial charge is 0.229 e. The molecule has 0 radical (unpaired) electrons. The first-order chi connectivity index (χ1) is 14.0. The van der Waals surface area contributed by atoms with E-state index in [0.29, 0.717) is 23.7 Å². The Bertz CT molecular complexity index is 864. The van der Waals surface area contributed by atoms with E-state index in [1.807, 2.05) is 24.3 Å². The Morgan fingerprint density at radius 2 is 1.90 bits per heavy atom. The van der Waals surface area contributed by atoms with Crippen molar-refractivity contribution >= 4 is 23.2 Å². The second-order valence-electron chi connectivity index (χ2n) is 7.23. The number of nitrogens with one attached hydrogen (secondary N) is 1. The van der Waals surface area contributed by atoms with Gasteiger partial charge in [0.2, 0.25) is 11.8 Å². The third-order valence-corrected chi connectivity index (χ3v) is 5.21. The quantitative estimate of drug-likeness (QED) is 0.731. The second kappa shape index (κ2) is 9.45. The molecular formula is C23H28N2O4. The van der Waals surface area contributed by atoms with Gasteiger partial charge >= 0.3 is 0 Å².